The van der Waals surface area contributed by atoms with Crippen molar-refractivity contribution in [2.24, 2.45) is 5.92 Å². The van der Waals surface area contributed by atoms with Gasteiger partial charge in [0.15, 0.2) is 0 Å². The number of carbonyl (C=O) groups is 4. The van der Waals surface area contributed by atoms with Crippen LogP contribution in [0.25, 0.3) is 0 Å². The monoisotopic (exact) mass is 641 g/mol. The first-order chi connectivity index (χ1) is 19.4. The second kappa shape index (κ2) is 14.1. The van der Waals surface area contributed by atoms with Crippen molar-refractivity contribution < 1.29 is 51.0 Å². The Bertz CT molecular complexity index is 1310. The highest BCUT2D eigenvalue weighted by atomic mass is 35.5. The lowest BCUT2D eigenvalue weighted by molar-refractivity contribution is -0.175. The number of hydrogen-bond donors (Lipinski definition) is 4. The molecule has 0 fully saturated rings. The van der Waals surface area contributed by atoms with E-state index in [0.717, 1.165) is 12.1 Å². The molecule has 0 heterocycles. The first-order valence-corrected chi connectivity index (χ1v) is 12.8. The van der Waals surface area contributed by atoms with E-state index in [9.17, 15) is 46.2 Å². The van der Waals surface area contributed by atoms with Gasteiger partial charge < -0.3 is 25.8 Å². The van der Waals surface area contributed by atoms with E-state index < -0.39 is 76.8 Å². The van der Waals surface area contributed by atoms with Crippen LogP contribution in [0.5, 0.6) is 5.75 Å². The molecular weight excluding hydrogens is 616 g/mol. The van der Waals surface area contributed by atoms with E-state index >= 15 is 0 Å². The maximum absolute atomic E-state index is 14.9. The highest BCUT2D eigenvalue weighted by Crippen LogP contribution is 2.35. The maximum Gasteiger partial charge on any atom is 0.452 e. The third kappa shape index (κ3) is 8.52. The molecule has 0 aromatic heterocycles. The van der Waals surface area contributed by atoms with Crippen LogP contribution in [0.2, 0.25) is 10.0 Å². The Kier molecular flexibility index (Phi) is 11.7. The summed E-state index contributed by atoms with van der Waals surface area (Å²) in [5.41, 5.74) is -1.02. The Balaban J connectivity index is 2.37. The fraction of sp³-hybridized carbons (Fsp3) is 0.385. The molecule has 0 radical (unpaired) electrons. The van der Waals surface area contributed by atoms with Gasteiger partial charge in [-0.05, 0) is 41.8 Å². The van der Waals surface area contributed by atoms with Gasteiger partial charge in [0.1, 0.15) is 17.8 Å². The molecule has 0 spiro atoms. The number of amides is 3. The smallest absolute Gasteiger partial charge is 0.452 e. The van der Waals surface area contributed by atoms with E-state index in [1.54, 1.807) is 5.32 Å². The van der Waals surface area contributed by atoms with Crippen molar-refractivity contribution >= 4 is 46.7 Å². The van der Waals surface area contributed by atoms with Gasteiger partial charge in [-0.25, -0.2) is 0 Å². The number of halogens is 7. The maximum atomic E-state index is 14.9. The van der Waals surface area contributed by atoms with Crippen LogP contribution in [0.3, 0.4) is 0 Å². The number of ketones is 1. The second-order valence-corrected chi connectivity index (χ2v) is 10.1. The van der Waals surface area contributed by atoms with Crippen molar-refractivity contribution in [1.29, 1.82) is 0 Å². The number of carbonyl (C=O) groups excluding carboxylic acids is 4. The molecule has 0 saturated heterocycles. The van der Waals surface area contributed by atoms with E-state index in [1.807, 2.05) is 5.32 Å². The third-order valence-corrected chi connectivity index (χ3v) is 6.45. The van der Waals surface area contributed by atoms with E-state index in [4.69, 9.17) is 27.9 Å². The van der Waals surface area contributed by atoms with Gasteiger partial charge in [-0.15, -0.1) is 0 Å². The quantitative estimate of drug-likeness (QED) is 0.261. The predicted octanol–water partition coefficient (Wildman–Crippen LogP) is 3.70. The number of nitrogens with one attached hydrogen (secondary N) is 3. The minimum absolute atomic E-state index is 0.0253. The average molecular weight is 642 g/mol. The number of benzene rings is 2. The first kappa shape index (κ1) is 34.7. The summed E-state index contributed by atoms with van der Waals surface area (Å²) in [7, 11) is 1.33. The van der Waals surface area contributed by atoms with Crippen LogP contribution in [0.15, 0.2) is 42.5 Å². The molecule has 3 amide bonds. The van der Waals surface area contributed by atoms with E-state index in [0.29, 0.717) is 5.75 Å². The number of ether oxygens (including phenoxy) is 1. The lowest BCUT2D eigenvalue weighted by atomic mass is 9.97. The molecule has 16 heteroatoms. The zero-order chi connectivity index (χ0) is 32.0. The summed E-state index contributed by atoms with van der Waals surface area (Å²) in [6.07, 6.45) is -5.29. The molecule has 0 aliphatic rings. The minimum atomic E-state index is -5.29. The zero-order valence-electron chi connectivity index (χ0n) is 22.2. The molecule has 0 aliphatic carbocycles. The largest absolute Gasteiger partial charge is 0.497 e. The number of aliphatic hydroxyl groups is 1. The van der Waals surface area contributed by atoms with Gasteiger partial charge >= 0.3 is 12.1 Å². The molecule has 0 aliphatic heterocycles. The number of Topliss-reactive ketones (excluding diaryl/α,β-unsaturated/α-hetero) is 1. The van der Waals surface area contributed by atoms with Gasteiger partial charge in [0.2, 0.25) is 11.8 Å². The normalized spacial score (nSPS) is 14.0. The summed E-state index contributed by atoms with van der Waals surface area (Å²) < 4.78 is 74.2. The van der Waals surface area contributed by atoms with Crippen LogP contribution >= 0.6 is 23.2 Å². The highest BCUT2D eigenvalue weighted by Gasteiger charge is 2.46. The first-order valence-electron chi connectivity index (χ1n) is 12.0. The molecule has 0 saturated carbocycles. The standard InChI is InChI=1S/C26H26Cl2F5N3O6/c1-12(2)19(21(38)26(31,32)33)35-23(40)20(13-4-7-15(42-3)8-5-13)36-22(39)18(11-37)34-24(41)25(29,30)16-10-14(27)6-9-17(16)28/h4-10,12,18-20,37H,11H2,1-3H3,(H,34,41)(H,35,40)(H,36,39)/t18-,19-,20-/m0/s1. The lowest BCUT2D eigenvalue weighted by Crippen LogP contribution is -2.56. The summed E-state index contributed by atoms with van der Waals surface area (Å²) in [6, 6.07) is 2.27. The average Bonchev–Trinajstić information content (AvgIpc) is 2.93. The van der Waals surface area contributed by atoms with Crippen LogP contribution < -0.4 is 20.7 Å². The van der Waals surface area contributed by atoms with Crippen LogP contribution in [0.1, 0.15) is 31.0 Å². The van der Waals surface area contributed by atoms with Crippen LogP contribution in [-0.2, 0) is 25.1 Å². The zero-order valence-corrected chi connectivity index (χ0v) is 23.7. The second-order valence-electron chi connectivity index (χ2n) is 9.21. The van der Waals surface area contributed by atoms with E-state index in [-0.39, 0.29) is 10.6 Å². The number of methoxy groups -OCH3 is 1. The summed E-state index contributed by atoms with van der Waals surface area (Å²) in [6.45, 7) is 1.27. The fourth-order valence-corrected chi connectivity index (χ4v) is 4.00. The molecule has 2 aromatic carbocycles. The predicted molar refractivity (Wildman–Crippen MR) is 141 cm³/mol. The van der Waals surface area contributed by atoms with Crippen molar-refractivity contribution in [3.8, 4) is 5.75 Å². The summed E-state index contributed by atoms with van der Waals surface area (Å²) in [4.78, 5) is 50.5. The number of hydrogen-bond acceptors (Lipinski definition) is 6. The minimum Gasteiger partial charge on any atom is -0.497 e. The van der Waals surface area contributed by atoms with Crippen molar-refractivity contribution in [1.82, 2.24) is 16.0 Å². The van der Waals surface area contributed by atoms with Crippen LogP contribution in [0.4, 0.5) is 22.0 Å². The molecule has 2 rings (SSSR count). The molecule has 3 atom stereocenters. The molecule has 230 valence electrons. The van der Waals surface area contributed by atoms with Crippen molar-refractivity contribution in [3.05, 3.63) is 63.6 Å². The molecular formula is C26H26Cl2F5N3O6. The van der Waals surface area contributed by atoms with Gasteiger partial charge in [0.05, 0.1) is 30.3 Å². The third-order valence-electron chi connectivity index (χ3n) is 5.88. The van der Waals surface area contributed by atoms with Crippen molar-refractivity contribution in [2.45, 2.75) is 44.1 Å². The summed E-state index contributed by atoms with van der Waals surface area (Å²) in [5, 5.41) is 14.7. The molecule has 42 heavy (non-hydrogen) atoms. The summed E-state index contributed by atoms with van der Waals surface area (Å²) >= 11 is 11.5. The van der Waals surface area contributed by atoms with Gasteiger partial charge in [-0.2, -0.15) is 22.0 Å². The number of rotatable bonds is 12. The SMILES string of the molecule is COc1ccc([C@H](NC(=O)[C@H](CO)NC(=O)C(F)(F)c2cc(Cl)ccc2Cl)C(=O)N[C@H](C(=O)C(F)(F)F)C(C)C)cc1. The van der Waals surface area contributed by atoms with Gasteiger partial charge in [-0.1, -0.05) is 49.2 Å². The Morgan fingerprint density at radius 3 is 2.00 bits per heavy atom. The number of alkyl halides is 5. The van der Waals surface area contributed by atoms with Gasteiger partial charge in [0, 0.05) is 5.02 Å². The van der Waals surface area contributed by atoms with Crippen LogP contribution in [-0.4, -0.2) is 60.6 Å². The van der Waals surface area contributed by atoms with Crippen LogP contribution in [0, 0.1) is 5.92 Å². The Morgan fingerprint density at radius 2 is 1.50 bits per heavy atom. The van der Waals surface area contributed by atoms with Crippen molar-refractivity contribution in [2.75, 3.05) is 13.7 Å². The Hall–Kier alpha value is -3.49. The number of aliphatic hydroxyl groups excluding tert-OH is 1. The molecule has 4 N–H and O–H groups in total. The molecule has 9 nitrogen and oxygen atoms in total. The van der Waals surface area contributed by atoms with E-state index in [2.05, 4.69) is 5.32 Å². The Labute approximate surface area is 246 Å². The topological polar surface area (TPSA) is 134 Å². The molecule has 0 bridgehead atoms. The van der Waals surface area contributed by atoms with Gasteiger partial charge in [0.25, 0.3) is 11.7 Å². The highest BCUT2D eigenvalue weighted by molar-refractivity contribution is 6.33. The Morgan fingerprint density at radius 1 is 0.905 bits per heavy atom. The summed E-state index contributed by atoms with van der Waals surface area (Å²) in [5.74, 6) is -12.0. The van der Waals surface area contributed by atoms with Crippen molar-refractivity contribution in [3.63, 3.8) is 0 Å². The van der Waals surface area contributed by atoms with Gasteiger partial charge in [-0.3, -0.25) is 19.2 Å². The molecule has 0 unspecified atom stereocenters. The van der Waals surface area contributed by atoms with E-state index in [1.165, 1.54) is 51.3 Å². The lowest BCUT2D eigenvalue weighted by Gasteiger charge is -2.27. The fourth-order valence-electron chi connectivity index (χ4n) is 3.59. The molecule has 2 aromatic rings.